The number of benzene rings is 2. The maximum atomic E-state index is 12.3. The van der Waals surface area contributed by atoms with Gasteiger partial charge in [-0.3, -0.25) is 4.79 Å². The summed E-state index contributed by atoms with van der Waals surface area (Å²) in [5.41, 5.74) is -0.170. The number of rotatable bonds is 4. The molecule has 2 aromatic rings. The summed E-state index contributed by atoms with van der Waals surface area (Å²) in [5, 5.41) is 24.0. The number of phenols is 2. The van der Waals surface area contributed by atoms with Gasteiger partial charge in [0.2, 0.25) is 0 Å². The first-order valence-corrected chi connectivity index (χ1v) is 8.42. The number of phenolic OH excluding ortho intramolecular Hbond substituents is 2. The molecule has 2 aromatic carbocycles. The zero-order chi connectivity index (χ0) is 18.0. The first-order chi connectivity index (χ1) is 12.0. The Morgan fingerprint density at radius 3 is 2.48 bits per heavy atom. The van der Waals surface area contributed by atoms with Crippen molar-refractivity contribution in [3.8, 4) is 11.5 Å². The van der Waals surface area contributed by atoms with Crippen LogP contribution >= 0.6 is 0 Å². The summed E-state index contributed by atoms with van der Waals surface area (Å²) < 4.78 is 5.17. The van der Waals surface area contributed by atoms with Crippen LogP contribution in [-0.2, 0) is 9.53 Å². The van der Waals surface area contributed by atoms with E-state index in [2.05, 4.69) is 5.32 Å². The minimum atomic E-state index is -0.985. The fraction of sp³-hybridized carbons (Fsp3) is 0.368. The zero-order valence-electron chi connectivity index (χ0n) is 14.0. The third-order valence-electron chi connectivity index (χ3n) is 4.57. The lowest BCUT2D eigenvalue weighted by Gasteiger charge is -2.17. The number of ether oxygens (including phenoxy) is 1. The van der Waals surface area contributed by atoms with Gasteiger partial charge in [0.15, 0.2) is 6.10 Å². The van der Waals surface area contributed by atoms with E-state index in [9.17, 15) is 19.8 Å². The van der Waals surface area contributed by atoms with Gasteiger partial charge in [0.25, 0.3) is 5.91 Å². The number of hydrogen-bond donors (Lipinski definition) is 3. The summed E-state index contributed by atoms with van der Waals surface area (Å²) in [4.78, 5) is 24.5. The number of hydrogen-bond acceptors (Lipinski definition) is 5. The van der Waals surface area contributed by atoms with Crippen molar-refractivity contribution in [2.24, 2.45) is 0 Å². The molecule has 6 nitrogen and oxygen atoms in total. The molecule has 25 heavy (non-hydrogen) atoms. The Hall–Kier alpha value is -2.76. The Kier molecular flexibility index (Phi) is 4.79. The number of aromatic hydroxyl groups is 2. The van der Waals surface area contributed by atoms with Crippen molar-refractivity contribution in [3.05, 3.63) is 35.9 Å². The van der Waals surface area contributed by atoms with Crippen molar-refractivity contribution in [1.29, 1.82) is 0 Å². The smallest absolute Gasteiger partial charge is 0.342 e. The molecule has 1 amide bonds. The van der Waals surface area contributed by atoms with Gasteiger partial charge in [0.1, 0.15) is 17.1 Å². The molecule has 0 radical (unpaired) electrons. The molecule has 0 aromatic heterocycles. The monoisotopic (exact) mass is 343 g/mol. The lowest BCUT2D eigenvalue weighted by molar-refractivity contribution is -0.129. The Morgan fingerprint density at radius 2 is 1.80 bits per heavy atom. The number of carbonyl (C=O) groups excluding carboxylic acids is 2. The van der Waals surface area contributed by atoms with Crippen molar-refractivity contribution in [1.82, 2.24) is 5.32 Å². The van der Waals surface area contributed by atoms with Gasteiger partial charge >= 0.3 is 5.97 Å². The number of amides is 1. The molecule has 0 unspecified atom stereocenters. The van der Waals surface area contributed by atoms with Gasteiger partial charge in [0, 0.05) is 16.8 Å². The molecule has 0 heterocycles. The lowest BCUT2D eigenvalue weighted by atomic mass is 10.0. The molecule has 3 N–H and O–H groups in total. The predicted octanol–water partition coefficient (Wildman–Crippen LogP) is 2.86. The standard InChI is InChI=1S/C19H21NO5/c1-11(18(23)20-12-6-2-3-7-12)25-19(24)15-10-16(21)13-8-4-5-9-14(13)17(15)22/h4-5,8-12,21-22H,2-3,6-7H2,1H3,(H,20,23)/t11-/m0/s1. The minimum absolute atomic E-state index is 0.131. The highest BCUT2D eigenvalue weighted by molar-refractivity contribution is 6.04. The first-order valence-electron chi connectivity index (χ1n) is 8.42. The van der Waals surface area contributed by atoms with Gasteiger partial charge in [-0.1, -0.05) is 37.1 Å². The summed E-state index contributed by atoms with van der Waals surface area (Å²) in [6, 6.07) is 7.92. The largest absolute Gasteiger partial charge is 0.507 e. The molecule has 1 aliphatic rings. The Bertz CT molecular complexity index is 811. The van der Waals surface area contributed by atoms with Gasteiger partial charge in [-0.25, -0.2) is 4.79 Å². The Balaban J connectivity index is 1.75. The van der Waals surface area contributed by atoms with E-state index in [1.165, 1.54) is 6.92 Å². The van der Waals surface area contributed by atoms with E-state index >= 15 is 0 Å². The van der Waals surface area contributed by atoms with Crippen LogP contribution < -0.4 is 5.32 Å². The molecular weight excluding hydrogens is 322 g/mol. The van der Waals surface area contributed by atoms with E-state index in [-0.39, 0.29) is 29.0 Å². The van der Waals surface area contributed by atoms with E-state index in [1.807, 2.05) is 0 Å². The van der Waals surface area contributed by atoms with Gasteiger partial charge in [-0.2, -0.15) is 0 Å². The predicted molar refractivity (Wildman–Crippen MR) is 92.6 cm³/mol. The van der Waals surface area contributed by atoms with Crippen LogP contribution in [0, 0.1) is 0 Å². The van der Waals surface area contributed by atoms with Gasteiger partial charge in [-0.15, -0.1) is 0 Å². The topological polar surface area (TPSA) is 95.9 Å². The fourth-order valence-electron chi connectivity index (χ4n) is 3.16. The third kappa shape index (κ3) is 3.52. The molecule has 6 heteroatoms. The summed E-state index contributed by atoms with van der Waals surface area (Å²) in [6.07, 6.45) is 3.06. The summed E-state index contributed by atoms with van der Waals surface area (Å²) in [5.74, 6) is -1.62. The van der Waals surface area contributed by atoms with E-state index in [4.69, 9.17) is 4.74 Å². The van der Waals surface area contributed by atoms with Gasteiger partial charge in [0.05, 0.1) is 0 Å². The van der Waals surface area contributed by atoms with Crippen LogP contribution in [0.4, 0.5) is 0 Å². The van der Waals surface area contributed by atoms with Gasteiger partial charge in [-0.05, 0) is 25.8 Å². The van der Waals surface area contributed by atoms with Crippen LogP contribution in [0.3, 0.4) is 0 Å². The average molecular weight is 343 g/mol. The SMILES string of the molecule is C[C@H](OC(=O)c1cc(O)c2ccccc2c1O)C(=O)NC1CCCC1. The van der Waals surface area contributed by atoms with Crippen LogP contribution in [0.1, 0.15) is 43.0 Å². The minimum Gasteiger partial charge on any atom is -0.507 e. The van der Waals surface area contributed by atoms with Crippen molar-refractivity contribution in [2.75, 3.05) is 0 Å². The second-order valence-electron chi connectivity index (χ2n) is 6.37. The molecule has 3 rings (SSSR count). The van der Waals surface area contributed by atoms with Crippen molar-refractivity contribution in [2.45, 2.75) is 44.8 Å². The summed E-state index contributed by atoms with van der Waals surface area (Å²) >= 11 is 0. The van der Waals surface area contributed by atoms with Crippen molar-refractivity contribution >= 4 is 22.6 Å². The Morgan fingerprint density at radius 1 is 1.16 bits per heavy atom. The molecule has 0 bridgehead atoms. The highest BCUT2D eigenvalue weighted by Crippen LogP contribution is 2.35. The molecule has 1 aliphatic carbocycles. The first kappa shape index (κ1) is 17.1. The van der Waals surface area contributed by atoms with E-state index in [0.717, 1.165) is 31.7 Å². The van der Waals surface area contributed by atoms with E-state index in [1.54, 1.807) is 24.3 Å². The van der Waals surface area contributed by atoms with Crippen molar-refractivity contribution in [3.63, 3.8) is 0 Å². The van der Waals surface area contributed by atoms with Crippen molar-refractivity contribution < 1.29 is 24.5 Å². The van der Waals surface area contributed by atoms with Crippen LogP contribution in [0.25, 0.3) is 10.8 Å². The highest BCUT2D eigenvalue weighted by Gasteiger charge is 2.25. The molecule has 1 saturated carbocycles. The highest BCUT2D eigenvalue weighted by atomic mass is 16.5. The van der Waals surface area contributed by atoms with Crippen LogP contribution in [-0.4, -0.2) is 34.2 Å². The normalized spacial score (nSPS) is 15.9. The maximum Gasteiger partial charge on any atom is 0.342 e. The molecule has 1 fully saturated rings. The molecule has 0 aliphatic heterocycles. The lowest BCUT2D eigenvalue weighted by Crippen LogP contribution is -2.40. The molecule has 0 spiro atoms. The number of carbonyl (C=O) groups is 2. The maximum absolute atomic E-state index is 12.3. The molecule has 1 atom stereocenters. The molecule has 132 valence electrons. The van der Waals surface area contributed by atoms with Crippen LogP contribution in [0.2, 0.25) is 0 Å². The van der Waals surface area contributed by atoms with Crippen LogP contribution in [0.15, 0.2) is 30.3 Å². The quantitative estimate of drug-likeness (QED) is 0.586. The van der Waals surface area contributed by atoms with E-state index < -0.39 is 12.1 Å². The van der Waals surface area contributed by atoms with Crippen LogP contribution in [0.5, 0.6) is 11.5 Å². The summed E-state index contributed by atoms with van der Waals surface area (Å²) in [6.45, 7) is 1.49. The number of nitrogens with one attached hydrogen (secondary N) is 1. The Labute approximate surface area is 145 Å². The average Bonchev–Trinajstić information content (AvgIpc) is 3.11. The number of fused-ring (bicyclic) bond motifs is 1. The number of esters is 1. The zero-order valence-corrected chi connectivity index (χ0v) is 14.0. The second-order valence-corrected chi connectivity index (χ2v) is 6.37. The summed E-state index contributed by atoms with van der Waals surface area (Å²) in [7, 11) is 0. The van der Waals surface area contributed by atoms with Gasteiger partial charge < -0.3 is 20.3 Å². The molecule has 0 saturated heterocycles. The fourth-order valence-corrected chi connectivity index (χ4v) is 3.16. The van der Waals surface area contributed by atoms with E-state index in [0.29, 0.717) is 10.8 Å². The third-order valence-corrected chi connectivity index (χ3v) is 4.57. The second kappa shape index (κ2) is 7.01. The molecular formula is C19H21NO5.